The second kappa shape index (κ2) is 6.00. The Morgan fingerprint density at radius 3 is 2.95 bits per heavy atom. The number of aromatic nitrogens is 2. The van der Waals surface area contributed by atoms with Gasteiger partial charge in [0, 0.05) is 6.54 Å². The van der Waals surface area contributed by atoms with E-state index in [1.165, 1.54) is 12.1 Å². The van der Waals surface area contributed by atoms with Crippen LogP contribution in [0.25, 0.3) is 11.0 Å². The van der Waals surface area contributed by atoms with Crippen LogP contribution in [0.3, 0.4) is 0 Å². The van der Waals surface area contributed by atoms with Crippen molar-refractivity contribution in [2.75, 3.05) is 13.6 Å². The molecular weight excluding hydrogens is 261 g/mol. The van der Waals surface area contributed by atoms with E-state index in [-0.39, 0.29) is 18.3 Å². The first-order chi connectivity index (χ1) is 9.51. The minimum Gasteiger partial charge on any atom is -0.481 e. The first-order valence-corrected chi connectivity index (χ1v) is 6.58. The zero-order valence-corrected chi connectivity index (χ0v) is 11.6. The Labute approximate surface area is 116 Å². The van der Waals surface area contributed by atoms with Gasteiger partial charge in [-0.05, 0) is 31.7 Å². The summed E-state index contributed by atoms with van der Waals surface area (Å²) < 4.78 is 13.2. The summed E-state index contributed by atoms with van der Waals surface area (Å²) in [5.74, 6) is -0.389. The number of aromatic amines is 1. The lowest BCUT2D eigenvalue weighted by molar-refractivity contribution is -0.137. The zero-order valence-electron chi connectivity index (χ0n) is 11.6. The van der Waals surface area contributed by atoms with Crippen molar-refractivity contribution in [1.82, 2.24) is 14.9 Å². The molecule has 2 aromatic rings. The molecule has 1 aromatic carbocycles. The first-order valence-electron chi connectivity index (χ1n) is 6.58. The Morgan fingerprint density at radius 2 is 2.30 bits per heavy atom. The first kappa shape index (κ1) is 14.5. The number of imidazole rings is 1. The molecule has 5 nitrogen and oxygen atoms in total. The van der Waals surface area contributed by atoms with Crippen LogP contribution in [0.5, 0.6) is 0 Å². The quantitative estimate of drug-likeness (QED) is 0.852. The van der Waals surface area contributed by atoms with Gasteiger partial charge in [-0.25, -0.2) is 9.37 Å². The molecule has 0 fully saturated rings. The Hall–Kier alpha value is -1.95. The van der Waals surface area contributed by atoms with E-state index in [1.807, 2.05) is 18.9 Å². The lowest BCUT2D eigenvalue weighted by Crippen LogP contribution is -2.27. The van der Waals surface area contributed by atoms with Crippen LogP contribution in [0.4, 0.5) is 4.39 Å². The number of hydrogen-bond donors (Lipinski definition) is 2. The highest BCUT2D eigenvalue weighted by Gasteiger charge is 2.19. The van der Waals surface area contributed by atoms with Crippen molar-refractivity contribution in [2.24, 2.45) is 0 Å². The third kappa shape index (κ3) is 3.14. The van der Waals surface area contributed by atoms with E-state index in [4.69, 9.17) is 5.11 Å². The molecule has 0 saturated heterocycles. The van der Waals surface area contributed by atoms with E-state index >= 15 is 0 Å². The van der Waals surface area contributed by atoms with Crippen LogP contribution < -0.4 is 0 Å². The van der Waals surface area contributed by atoms with Crippen molar-refractivity contribution in [1.29, 1.82) is 0 Å². The Balaban J connectivity index is 2.22. The van der Waals surface area contributed by atoms with Gasteiger partial charge in [-0.2, -0.15) is 0 Å². The van der Waals surface area contributed by atoms with Crippen molar-refractivity contribution in [3.8, 4) is 0 Å². The van der Waals surface area contributed by atoms with Gasteiger partial charge in [-0.15, -0.1) is 0 Å². The van der Waals surface area contributed by atoms with Crippen molar-refractivity contribution < 1.29 is 14.3 Å². The molecule has 108 valence electrons. The van der Waals surface area contributed by atoms with Crippen LogP contribution in [0.15, 0.2) is 18.2 Å². The average molecular weight is 279 g/mol. The molecule has 0 spiro atoms. The average Bonchev–Trinajstić information content (AvgIpc) is 2.79. The molecule has 0 aliphatic heterocycles. The molecule has 1 aromatic heterocycles. The van der Waals surface area contributed by atoms with E-state index in [2.05, 4.69) is 9.97 Å². The maximum Gasteiger partial charge on any atom is 0.304 e. The van der Waals surface area contributed by atoms with Gasteiger partial charge < -0.3 is 10.1 Å². The summed E-state index contributed by atoms with van der Waals surface area (Å²) in [5.41, 5.74) is 1.37. The van der Waals surface area contributed by atoms with Gasteiger partial charge in [0.1, 0.15) is 11.6 Å². The number of rotatable bonds is 6. The second-order valence-corrected chi connectivity index (χ2v) is 4.83. The molecule has 0 saturated carbocycles. The van der Waals surface area contributed by atoms with Gasteiger partial charge in [-0.1, -0.05) is 6.92 Å². The van der Waals surface area contributed by atoms with Crippen molar-refractivity contribution in [3.05, 3.63) is 29.8 Å². The fourth-order valence-corrected chi connectivity index (χ4v) is 2.30. The maximum atomic E-state index is 13.2. The topological polar surface area (TPSA) is 69.2 Å². The number of nitrogens with one attached hydrogen (secondary N) is 1. The fraction of sp³-hybridized carbons (Fsp3) is 0.429. The molecular formula is C14H18FN3O2. The van der Waals surface area contributed by atoms with Crippen LogP contribution in [0, 0.1) is 5.82 Å². The van der Waals surface area contributed by atoms with Gasteiger partial charge in [0.2, 0.25) is 0 Å². The highest BCUT2D eigenvalue weighted by Crippen LogP contribution is 2.23. The van der Waals surface area contributed by atoms with Crippen molar-refractivity contribution in [2.45, 2.75) is 25.8 Å². The minimum absolute atomic E-state index is 0.00943. The van der Waals surface area contributed by atoms with Crippen LogP contribution in [-0.2, 0) is 4.79 Å². The number of carbonyl (C=O) groups is 1. The molecule has 0 bridgehead atoms. The highest BCUT2D eigenvalue weighted by molar-refractivity contribution is 5.75. The summed E-state index contributed by atoms with van der Waals surface area (Å²) in [6, 6.07) is 4.41. The van der Waals surface area contributed by atoms with Crippen molar-refractivity contribution >= 4 is 17.0 Å². The summed E-state index contributed by atoms with van der Waals surface area (Å²) in [4.78, 5) is 20.2. The number of benzene rings is 1. The van der Waals surface area contributed by atoms with Crippen LogP contribution in [0.2, 0.25) is 0 Å². The SMILES string of the molecule is CCC(c1nc2ccc(F)cc2[nH]1)N(C)CCC(=O)O. The van der Waals surface area contributed by atoms with E-state index in [0.29, 0.717) is 17.6 Å². The van der Waals surface area contributed by atoms with E-state index in [1.54, 1.807) is 6.07 Å². The predicted octanol–water partition coefficient (Wildman–Crippen LogP) is 2.56. The molecule has 1 atom stereocenters. The molecule has 0 aliphatic carbocycles. The molecule has 1 unspecified atom stereocenters. The summed E-state index contributed by atoms with van der Waals surface area (Å²) in [6.07, 6.45) is 0.875. The second-order valence-electron chi connectivity index (χ2n) is 4.83. The Bertz CT molecular complexity index is 611. The molecule has 0 radical (unpaired) electrons. The summed E-state index contributed by atoms with van der Waals surface area (Å²) in [7, 11) is 1.87. The monoisotopic (exact) mass is 279 g/mol. The van der Waals surface area contributed by atoms with Gasteiger partial charge in [0.05, 0.1) is 23.5 Å². The van der Waals surface area contributed by atoms with Crippen LogP contribution >= 0.6 is 0 Å². The number of carboxylic acid groups (broad SMARTS) is 1. The molecule has 1 heterocycles. The minimum atomic E-state index is -0.821. The molecule has 0 amide bonds. The highest BCUT2D eigenvalue weighted by atomic mass is 19.1. The lowest BCUT2D eigenvalue weighted by atomic mass is 10.2. The Kier molecular flexibility index (Phi) is 4.34. The predicted molar refractivity (Wildman–Crippen MR) is 74.0 cm³/mol. The number of nitrogens with zero attached hydrogens (tertiary/aromatic N) is 2. The van der Waals surface area contributed by atoms with Gasteiger partial charge in [-0.3, -0.25) is 9.69 Å². The van der Waals surface area contributed by atoms with Crippen molar-refractivity contribution in [3.63, 3.8) is 0 Å². The molecule has 2 rings (SSSR count). The van der Waals surface area contributed by atoms with E-state index < -0.39 is 5.97 Å². The van der Waals surface area contributed by atoms with E-state index in [0.717, 1.165) is 12.2 Å². The van der Waals surface area contributed by atoms with Gasteiger partial charge >= 0.3 is 5.97 Å². The number of H-pyrrole nitrogens is 1. The smallest absolute Gasteiger partial charge is 0.304 e. The number of fused-ring (bicyclic) bond motifs is 1. The molecule has 6 heteroatoms. The maximum absolute atomic E-state index is 13.2. The van der Waals surface area contributed by atoms with Crippen LogP contribution in [0.1, 0.15) is 31.6 Å². The zero-order chi connectivity index (χ0) is 14.7. The largest absolute Gasteiger partial charge is 0.481 e. The number of carboxylic acids is 1. The molecule has 2 N–H and O–H groups in total. The fourth-order valence-electron chi connectivity index (χ4n) is 2.30. The number of hydrogen-bond acceptors (Lipinski definition) is 3. The standard InChI is InChI=1S/C14H18FN3O2/c1-3-12(18(2)7-6-13(19)20)14-16-10-5-4-9(15)8-11(10)17-14/h4-5,8,12H,3,6-7H2,1-2H3,(H,16,17)(H,19,20). The van der Waals surface area contributed by atoms with E-state index in [9.17, 15) is 9.18 Å². The summed E-state index contributed by atoms with van der Waals surface area (Å²) >= 11 is 0. The third-order valence-electron chi connectivity index (χ3n) is 3.38. The number of halogens is 1. The molecule has 20 heavy (non-hydrogen) atoms. The summed E-state index contributed by atoms with van der Waals surface area (Å²) in [5, 5.41) is 8.74. The van der Waals surface area contributed by atoms with Gasteiger partial charge in [0.15, 0.2) is 0 Å². The van der Waals surface area contributed by atoms with Gasteiger partial charge in [0.25, 0.3) is 0 Å². The third-order valence-corrected chi connectivity index (χ3v) is 3.38. The molecule has 0 aliphatic rings. The number of aliphatic carboxylic acids is 1. The lowest BCUT2D eigenvalue weighted by Gasteiger charge is -2.24. The summed E-state index contributed by atoms with van der Waals surface area (Å²) in [6.45, 7) is 2.45. The van der Waals surface area contributed by atoms with Crippen LogP contribution in [-0.4, -0.2) is 39.5 Å². The normalized spacial score (nSPS) is 13.0. The Morgan fingerprint density at radius 1 is 1.55 bits per heavy atom.